The minimum absolute atomic E-state index is 0.0831. The number of nitrogens with zero attached hydrogens (tertiary/aromatic N) is 1. The number of nitrogens with one attached hydrogen (secondary N) is 1. The van der Waals surface area contributed by atoms with E-state index >= 15 is 0 Å². The average molecular weight is 663 g/mol. The molecule has 0 aliphatic carbocycles. The van der Waals surface area contributed by atoms with E-state index in [1.807, 2.05) is 39.8 Å². The quantitative estimate of drug-likeness (QED) is 0.243. The third kappa shape index (κ3) is 6.64. The number of carbonyl (C=O) groups is 4. The van der Waals surface area contributed by atoms with Crippen molar-refractivity contribution in [1.82, 2.24) is 10.2 Å². The number of ether oxygens (including phenoxy) is 5. The Bertz CT molecular complexity index is 1270. The number of ketones is 2. The molecule has 0 aromatic heterocycles. The van der Waals surface area contributed by atoms with Crippen LogP contribution in [0.4, 0.5) is 0 Å². The molecule has 0 radical (unpaired) electrons. The Morgan fingerprint density at radius 2 is 1.74 bits per heavy atom. The van der Waals surface area contributed by atoms with E-state index in [0.29, 0.717) is 12.8 Å². The standard InChI is InChI=1S/C35H54N2O10/c1-12-14-43-34(8)16-18(3)28(40)33(7)17-36-24-27(33)35(9,47-31(24)42)23(13-2)45-30(41)21(6)25(38)20(5)29(34)46-32-26(39)22(37(10)11)15-19(4)44-32/h1,18-24,26-27,29,32,36,39H,13-17H2,2-11H3/t18-,19-,20+,21-,22+,23-,24-,26-,27-,29-,32+,33-,34+,35-/m1/s1. The van der Waals surface area contributed by atoms with Gasteiger partial charge in [-0.05, 0) is 61.1 Å². The van der Waals surface area contributed by atoms with Crippen molar-refractivity contribution >= 4 is 23.5 Å². The second-order valence-corrected chi connectivity index (χ2v) is 15.0. The summed E-state index contributed by atoms with van der Waals surface area (Å²) in [6.45, 7) is 13.9. The molecule has 4 rings (SSSR count). The lowest BCUT2D eigenvalue weighted by Crippen LogP contribution is -2.60. The molecule has 12 heteroatoms. The van der Waals surface area contributed by atoms with Crippen molar-refractivity contribution in [2.24, 2.45) is 29.1 Å². The van der Waals surface area contributed by atoms with Gasteiger partial charge in [-0.1, -0.05) is 33.6 Å². The fraction of sp³-hybridized carbons (Fsp3) is 0.829. The molecule has 0 unspecified atom stereocenters. The zero-order valence-corrected chi connectivity index (χ0v) is 29.5. The van der Waals surface area contributed by atoms with Crippen molar-refractivity contribution in [1.29, 1.82) is 0 Å². The van der Waals surface area contributed by atoms with Gasteiger partial charge in [-0.15, -0.1) is 6.42 Å². The maximum Gasteiger partial charge on any atom is 0.324 e. The van der Waals surface area contributed by atoms with Gasteiger partial charge < -0.3 is 39.0 Å². The summed E-state index contributed by atoms with van der Waals surface area (Å²) in [5.41, 5.74) is -3.76. The molecule has 4 saturated heterocycles. The van der Waals surface area contributed by atoms with Gasteiger partial charge in [-0.2, -0.15) is 0 Å². The number of cyclic esters (lactones) is 1. The fourth-order valence-electron chi connectivity index (χ4n) is 8.78. The molecule has 0 aromatic rings. The van der Waals surface area contributed by atoms with Crippen LogP contribution >= 0.6 is 0 Å². The Morgan fingerprint density at radius 1 is 1.09 bits per heavy atom. The van der Waals surface area contributed by atoms with Gasteiger partial charge >= 0.3 is 11.9 Å². The highest BCUT2D eigenvalue weighted by Gasteiger charge is 2.69. The molecule has 2 N–H and O–H groups in total. The maximum atomic E-state index is 14.6. The first-order chi connectivity index (χ1) is 21.9. The molecule has 12 nitrogen and oxygen atoms in total. The van der Waals surface area contributed by atoms with E-state index in [4.69, 9.17) is 30.1 Å². The molecule has 0 amide bonds. The van der Waals surface area contributed by atoms with Crippen molar-refractivity contribution in [2.75, 3.05) is 27.2 Å². The topological polar surface area (TPSA) is 150 Å². The first-order valence-corrected chi connectivity index (χ1v) is 16.8. The number of rotatable bonds is 6. The van der Waals surface area contributed by atoms with E-state index in [1.165, 1.54) is 6.92 Å². The predicted molar refractivity (Wildman–Crippen MR) is 171 cm³/mol. The summed E-state index contributed by atoms with van der Waals surface area (Å²) < 4.78 is 31.0. The van der Waals surface area contributed by atoms with Crippen LogP contribution in [-0.4, -0.2) is 115 Å². The zero-order chi connectivity index (χ0) is 35.2. The molecule has 0 aromatic carbocycles. The van der Waals surface area contributed by atoms with Gasteiger partial charge in [0.1, 0.15) is 36.6 Å². The number of aliphatic hydroxyl groups is 1. The van der Waals surface area contributed by atoms with Crippen LogP contribution in [0.1, 0.15) is 74.7 Å². The minimum Gasteiger partial charge on any atom is -0.458 e. The van der Waals surface area contributed by atoms with Gasteiger partial charge in [0.05, 0.1) is 17.8 Å². The molecular formula is C35H54N2O10. The first kappa shape index (κ1) is 37.4. The zero-order valence-electron chi connectivity index (χ0n) is 29.5. The summed E-state index contributed by atoms with van der Waals surface area (Å²) in [7, 11) is 3.72. The van der Waals surface area contributed by atoms with Crippen LogP contribution in [0.25, 0.3) is 0 Å². The fourth-order valence-corrected chi connectivity index (χ4v) is 8.78. The van der Waals surface area contributed by atoms with Crippen LogP contribution in [0.3, 0.4) is 0 Å². The predicted octanol–water partition coefficient (Wildman–Crippen LogP) is 1.89. The number of hydrogen-bond acceptors (Lipinski definition) is 12. The van der Waals surface area contributed by atoms with Crippen molar-refractivity contribution in [3.63, 3.8) is 0 Å². The second kappa shape index (κ2) is 13.8. The summed E-state index contributed by atoms with van der Waals surface area (Å²) in [4.78, 5) is 57.6. The molecule has 4 aliphatic rings. The molecule has 0 bridgehead atoms. The Kier molecular flexibility index (Phi) is 11.0. The molecule has 4 heterocycles. The van der Waals surface area contributed by atoms with Crippen LogP contribution in [0, 0.1) is 41.4 Å². The largest absolute Gasteiger partial charge is 0.458 e. The molecular weight excluding hydrogens is 608 g/mol. The van der Waals surface area contributed by atoms with Crippen molar-refractivity contribution in [3.8, 4) is 12.3 Å². The Morgan fingerprint density at radius 3 is 2.34 bits per heavy atom. The summed E-state index contributed by atoms with van der Waals surface area (Å²) >= 11 is 0. The Labute approximate surface area is 278 Å². The molecule has 264 valence electrons. The van der Waals surface area contributed by atoms with Gasteiger partial charge in [-0.3, -0.25) is 19.2 Å². The van der Waals surface area contributed by atoms with Crippen molar-refractivity contribution < 1.29 is 48.0 Å². The van der Waals surface area contributed by atoms with E-state index < -0.39 is 88.7 Å². The molecule has 14 atom stereocenters. The number of likely N-dealkylation sites (N-methyl/N-ethyl adjacent to an activating group) is 1. The smallest absolute Gasteiger partial charge is 0.324 e. The highest BCUT2D eigenvalue weighted by molar-refractivity contribution is 6.00. The van der Waals surface area contributed by atoms with Crippen LogP contribution in [-0.2, 0) is 42.9 Å². The number of terminal acetylenes is 1. The molecule has 0 spiro atoms. The highest BCUT2D eigenvalue weighted by atomic mass is 16.7. The summed E-state index contributed by atoms with van der Waals surface area (Å²) in [6.07, 6.45) is 2.09. The number of aliphatic hydroxyl groups excluding tert-OH is 1. The van der Waals surface area contributed by atoms with E-state index in [9.17, 15) is 24.3 Å². The lowest BCUT2D eigenvalue weighted by molar-refractivity contribution is -0.296. The molecule has 47 heavy (non-hydrogen) atoms. The third-order valence-electron chi connectivity index (χ3n) is 11.2. The van der Waals surface area contributed by atoms with Crippen LogP contribution < -0.4 is 5.32 Å². The van der Waals surface area contributed by atoms with Crippen molar-refractivity contribution in [3.05, 3.63) is 0 Å². The second-order valence-electron chi connectivity index (χ2n) is 15.0. The summed E-state index contributed by atoms with van der Waals surface area (Å²) in [6, 6.07) is -1.06. The molecule has 4 aliphatic heterocycles. The summed E-state index contributed by atoms with van der Waals surface area (Å²) in [5.74, 6) is -2.95. The maximum absolute atomic E-state index is 14.6. The van der Waals surface area contributed by atoms with Crippen molar-refractivity contribution in [2.45, 2.75) is 129 Å². The number of Topliss-reactive ketones (excluding diaryl/α,β-unsaturated/α-hetero) is 2. The van der Waals surface area contributed by atoms with E-state index in [2.05, 4.69) is 11.2 Å². The lowest BCUT2D eigenvalue weighted by atomic mass is 9.62. The van der Waals surface area contributed by atoms with E-state index in [0.717, 1.165) is 0 Å². The monoisotopic (exact) mass is 662 g/mol. The number of esters is 2. The van der Waals surface area contributed by atoms with Gasteiger partial charge in [0.15, 0.2) is 17.7 Å². The van der Waals surface area contributed by atoms with Crippen LogP contribution in [0.5, 0.6) is 0 Å². The number of hydrogen-bond donors (Lipinski definition) is 2. The van der Waals surface area contributed by atoms with E-state index in [-0.39, 0.29) is 37.5 Å². The van der Waals surface area contributed by atoms with Gasteiger partial charge in [0.2, 0.25) is 0 Å². The van der Waals surface area contributed by atoms with Gasteiger partial charge in [0.25, 0.3) is 0 Å². The van der Waals surface area contributed by atoms with Crippen LogP contribution in [0.2, 0.25) is 0 Å². The third-order valence-corrected chi connectivity index (χ3v) is 11.2. The molecule has 0 saturated carbocycles. The van der Waals surface area contributed by atoms with Gasteiger partial charge in [-0.25, -0.2) is 0 Å². The Balaban J connectivity index is 1.84. The first-order valence-electron chi connectivity index (χ1n) is 16.8. The normalized spacial score (nSPS) is 46.4. The average Bonchev–Trinajstić information content (AvgIpc) is 3.52. The van der Waals surface area contributed by atoms with Gasteiger partial charge in [0, 0.05) is 35.8 Å². The SMILES string of the molecule is C#CCO[C@@]1(C)C[C@@H](C)C(=O)[C@]2(C)CN[C@H]3C(=O)O[C@](C)([C@@H](CC)OC(=O)[C@H](C)C(=O)[C@H](C)[C@H]1O[C@@H]1O[C@H](C)C[C@H](N(C)C)[C@H]1O)[C@H]32. The highest BCUT2D eigenvalue weighted by Crippen LogP contribution is 2.53. The number of carbonyl (C=O) groups excluding carboxylic acids is 4. The minimum atomic E-state index is -1.36. The van der Waals surface area contributed by atoms with E-state index in [1.54, 1.807) is 27.7 Å². The molecule has 4 fully saturated rings. The Hall–Kier alpha value is -2.40. The lowest BCUT2D eigenvalue weighted by Gasteiger charge is -2.47. The summed E-state index contributed by atoms with van der Waals surface area (Å²) in [5, 5.41) is 14.6. The van der Waals surface area contributed by atoms with Crippen LogP contribution in [0.15, 0.2) is 0 Å².